The Morgan fingerprint density at radius 3 is 3.05 bits per heavy atom. The summed E-state index contributed by atoms with van der Waals surface area (Å²) in [4.78, 5) is 19.8. The van der Waals surface area contributed by atoms with Crippen molar-refractivity contribution in [1.82, 2.24) is 14.5 Å². The minimum Gasteiger partial charge on any atom is -0.481 e. The number of aliphatic carboxylic acids is 1. The standard InChI is InChI=1S/C15H19N3O2S/c1-10-6-7-16-14-13(10)17-15(21-9-12(19)20)18(14)8-2-3-11-4-5-11/h6-7,11H,2-5,8-9H2,1H3,(H,19,20). The molecule has 0 spiro atoms. The molecule has 1 saturated carbocycles. The number of fused-ring (bicyclic) bond motifs is 1. The average molecular weight is 305 g/mol. The predicted octanol–water partition coefficient (Wildman–Crippen LogP) is 3.11. The molecule has 2 aromatic rings. The minimum atomic E-state index is -0.818. The molecule has 0 amide bonds. The quantitative estimate of drug-likeness (QED) is 0.796. The van der Waals surface area contributed by atoms with Crippen LogP contribution in [-0.4, -0.2) is 31.4 Å². The Bertz CT molecular complexity index is 664. The molecule has 2 heterocycles. The minimum absolute atomic E-state index is 0.0327. The fourth-order valence-electron chi connectivity index (χ4n) is 2.50. The first kappa shape index (κ1) is 14.4. The second-order valence-electron chi connectivity index (χ2n) is 5.61. The third kappa shape index (κ3) is 3.37. The Labute approximate surface area is 127 Å². The molecule has 0 radical (unpaired) electrons. The first-order valence-corrected chi connectivity index (χ1v) is 8.30. The molecule has 21 heavy (non-hydrogen) atoms. The summed E-state index contributed by atoms with van der Waals surface area (Å²) in [5.74, 6) is 0.122. The summed E-state index contributed by atoms with van der Waals surface area (Å²) < 4.78 is 2.08. The van der Waals surface area contributed by atoms with Crippen molar-refractivity contribution >= 4 is 28.9 Å². The Morgan fingerprint density at radius 1 is 1.52 bits per heavy atom. The van der Waals surface area contributed by atoms with Crippen molar-refractivity contribution in [2.45, 2.75) is 44.3 Å². The van der Waals surface area contributed by atoms with E-state index in [0.29, 0.717) is 0 Å². The third-order valence-corrected chi connectivity index (χ3v) is 4.78. The van der Waals surface area contributed by atoms with Crippen LogP contribution >= 0.6 is 11.8 Å². The highest BCUT2D eigenvalue weighted by molar-refractivity contribution is 7.99. The van der Waals surface area contributed by atoms with E-state index >= 15 is 0 Å². The van der Waals surface area contributed by atoms with Gasteiger partial charge in [0.1, 0.15) is 5.52 Å². The van der Waals surface area contributed by atoms with Gasteiger partial charge in [-0.05, 0) is 37.3 Å². The second kappa shape index (κ2) is 6.05. The average Bonchev–Trinajstić information content (AvgIpc) is 3.19. The summed E-state index contributed by atoms with van der Waals surface area (Å²) >= 11 is 1.28. The molecule has 1 fully saturated rings. The zero-order chi connectivity index (χ0) is 14.8. The zero-order valence-corrected chi connectivity index (χ0v) is 12.9. The maximum absolute atomic E-state index is 10.8. The molecule has 1 N–H and O–H groups in total. The first-order valence-electron chi connectivity index (χ1n) is 7.31. The van der Waals surface area contributed by atoms with E-state index < -0.39 is 5.97 Å². The van der Waals surface area contributed by atoms with Crippen LogP contribution in [0.25, 0.3) is 11.2 Å². The summed E-state index contributed by atoms with van der Waals surface area (Å²) in [5, 5.41) is 9.65. The van der Waals surface area contributed by atoms with Gasteiger partial charge in [0, 0.05) is 12.7 Å². The number of imidazole rings is 1. The largest absolute Gasteiger partial charge is 0.481 e. The van der Waals surface area contributed by atoms with Crippen molar-refractivity contribution in [3.63, 3.8) is 0 Å². The molecule has 0 atom stereocenters. The number of hydrogen-bond acceptors (Lipinski definition) is 4. The maximum Gasteiger partial charge on any atom is 0.313 e. The summed E-state index contributed by atoms with van der Waals surface area (Å²) in [6.07, 6.45) is 6.87. The van der Waals surface area contributed by atoms with E-state index in [1.165, 1.54) is 31.0 Å². The lowest BCUT2D eigenvalue weighted by Gasteiger charge is -2.07. The van der Waals surface area contributed by atoms with E-state index in [1.54, 1.807) is 6.20 Å². The second-order valence-corrected chi connectivity index (χ2v) is 6.56. The fourth-order valence-corrected chi connectivity index (χ4v) is 3.24. The lowest BCUT2D eigenvalue weighted by Crippen LogP contribution is -2.04. The van der Waals surface area contributed by atoms with Crippen LogP contribution in [0.4, 0.5) is 0 Å². The third-order valence-electron chi connectivity index (χ3n) is 3.82. The molecule has 6 heteroatoms. The maximum atomic E-state index is 10.8. The van der Waals surface area contributed by atoms with E-state index in [4.69, 9.17) is 5.11 Å². The van der Waals surface area contributed by atoms with Crippen molar-refractivity contribution in [3.8, 4) is 0 Å². The van der Waals surface area contributed by atoms with Gasteiger partial charge in [-0.15, -0.1) is 0 Å². The number of thioether (sulfide) groups is 1. The molecule has 112 valence electrons. The lowest BCUT2D eigenvalue weighted by molar-refractivity contribution is -0.133. The zero-order valence-electron chi connectivity index (χ0n) is 12.1. The van der Waals surface area contributed by atoms with Crippen LogP contribution < -0.4 is 0 Å². The van der Waals surface area contributed by atoms with Gasteiger partial charge >= 0.3 is 5.97 Å². The van der Waals surface area contributed by atoms with Gasteiger partial charge in [-0.3, -0.25) is 4.79 Å². The number of carboxylic acids is 1. The number of carbonyl (C=O) groups is 1. The highest BCUT2D eigenvalue weighted by atomic mass is 32.2. The van der Waals surface area contributed by atoms with Crippen LogP contribution in [0.2, 0.25) is 0 Å². The molecular formula is C15H19N3O2S. The monoisotopic (exact) mass is 305 g/mol. The molecule has 0 saturated heterocycles. The fraction of sp³-hybridized carbons (Fsp3) is 0.533. The van der Waals surface area contributed by atoms with Gasteiger partial charge in [-0.1, -0.05) is 24.6 Å². The molecule has 2 aromatic heterocycles. The van der Waals surface area contributed by atoms with Crippen LogP contribution in [-0.2, 0) is 11.3 Å². The number of hydrogen-bond donors (Lipinski definition) is 1. The van der Waals surface area contributed by atoms with Crippen molar-refractivity contribution in [2.75, 3.05) is 5.75 Å². The van der Waals surface area contributed by atoms with Crippen molar-refractivity contribution < 1.29 is 9.90 Å². The Morgan fingerprint density at radius 2 is 2.33 bits per heavy atom. The first-order chi connectivity index (χ1) is 10.1. The molecule has 0 bridgehead atoms. The molecule has 1 aliphatic carbocycles. The van der Waals surface area contributed by atoms with E-state index in [-0.39, 0.29) is 5.75 Å². The van der Waals surface area contributed by atoms with Gasteiger partial charge in [0.25, 0.3) is 0 Å². The number of nitrogens with zero attached hydrogens (tertiary/aromatic N) is 3. The van der Waals surface area contributed by atoms with Gasteiger partial charge in [-0.25, -0.2) is 9.97 Å². The summed E-state index contributed by atoms with van der Waals surface area (Å²) in [6.45, 7) is 2.88. The molecule has 1 aliphatic rings. The number of rotatable bonds is 7. The highest BCUT2D eigenvalue weighted by Crippen LogP contribution is 2.34. The number of carboxylic acid groups (broad SMARTS) is 1. The number of pyridine rings is 1. The van der Waals surface area contributed by atoms with Gasteiger partial charge in [-0.2, -0.15) is 0 Å². The van der Waals surface area contributed by atoms with Crippen LogP contribution in [0.15, 0.2) is 17.4 Å². The Balaban J connectivity index is 1.85. The Kier molecular flexibility index (Phi) is 4.14. The van der Waals surface area contributed by atoms with Crippen LogP contribution in [0, 0.1) is 12.8 Å². The lowest BCUT2D eigenvalue weighted by atomic mass is 10.2. The number of aromatic nitrogens is 3. The molecule has 5 nitrogen and oxygen atoms in total. The topological polar surface area (TPSA) is 68.0 Å². The van der Waals surface area contributed by atoms with Crippen LogP contribution in [0.5, 0.6) is 0 Å². The number of aryl methyl sites for hydroxylation is 2. The van der Waals surface area contributed by atoms with Crippen LogP contribution in [0.1, 0.15) is 31.2 Å². The predicted molar refractivity (Wildman–Crippen MR) is 82.6 cm³/mol. The SMILES string of the molecule is Cc1ccnc2c1nc(SCC(=O)O)n2CCCC1CC1. The van der Waals surface area contributed by atoms with E-state index in [0.717, 1.165) is 40.8 Å². The van der Waals surface area contributed by atoms with E-state index in [2.05, 4.69) is 14.5 Å². The van der Waals surface area contributed by atoms with Crippen LogP contribution in [0.3, 0.4) is 0 Å². The molecule has 0 aromatic carbocycles. The van der Waals surface area contributed by atoms with Gasteiger partial charge in [0.05, 0.1) is 5.75 Å². The summed E-state index contributed by atoms with van der Waals surface area (Å²) in [6, 6.07) is 1.94. The van der Waals surface area contributed by atoms with Gasteiger partial charge in [0.2, 0.25) is 0 Å². The van der Waals surface area contributed by atoms with Gasteiger partial charge in [0.15, 0.2) is 10.8 Å². The molecule has 3 rings (SSSR count). The smallest absolute Gasteiger partial charge is 0.313 e. The molecule has 0 unspecified atom stereocenters. The normalized spacial score (nSPS) is 14.7. The molecule has 0 aliphatic heterocycles. The van der Waals surface area contributed by atoms with E-state index in [9.17, 15) is 4.79 Å². The highest BCUT2D eigenvalue weighted by Gasteiger charge is 2.21. The van der Waals surface area contributed by atoms with Crippen molar-refractivity contribution in [2.24, 2.45) is 5.92 Å². The van der Waals surface area contributed by atoms with E-state index in [1.807, 2.05) is 13.0 Å². The summed E-state index contributed by atoms with van der Waals surface area (Å²) in [7, 11) is 0. The molecular weight excluding hydrogens is 286 g/mol. The summed E-state index contributed by atoms with van der Waals surface area (Å²) in [5.41, 5.74) is 2.84. The Hall–Kier alpha value is -1.56. The van der Waals surface area contributed by atoms with Crippen molar-refractivity contribution in [1.29, 1.82) is 0 Å². The van der Waals surface area contributed by atoms with Gasteiger partial charge < -0.3 is 9.67 Å². The van der Waals surface area contributed by atoms with Crippen molar-refractivity contribution in [3.05, 3.63) is 17.8 Å².